The molecule has 0 spiro atoms. The van der Waals surface area contributed by atoms with Gasteiger partial charge < -0.3 is 5.32 Å². The smallest absolute Gasteiger partial charge is 0.0965 e. The molecule has 1 heterocycles. The van der Waals surface area contributed by atoms with E-state index in [1.54, 1.807) is 11.3 Å². The Morgan fingerprint density at radius 1 is 1.22 bits per heavy atom. The average Bonchev–Trinajstić information content (AvgIpc) is 2.93. The number of aromatic nitrogens is 1. The molecule has 1 N–H and O–H groups in total. The number of hydrogen-bond donors (Lipinski definition) is 1. The molecule has 0 radical (unpaired) electrons. The van der Waals surface area contributed by atoms with Crippen LogP contribution in [0.15, 0.2) is 35.8 Å². The fourth-order valence-electron chi connectivity index (χ4n) is 1.89. The van der Waals surface area contributed by atoms with E-state index in [9.17, 15) is 0 Å². The molecule has 1 atom stereocenters. The second-order valence-corrected chi connectivity index (χ2v) is 5.50. The van der Waals surface area contributed by atoms with Gasteiger partial charge in [-0.1, -0.05) is 38.1 Å². The van der Waals surface area contributed by atoms with Gasteiger partial charge in [-0.15, -0.1) is 11.3 Å². The molecule has 0 amide bonds. The van der Waals surface area contributed by atoms with Gasteiger partial charge in [0.2, 0.25) is 0 Å². The van der Waals surface area contributed by atoms with Crippen LogP contribution in [0.5, 0.6) is 0 Å². The van der Waals surface area contributed by atoms with E-state index < -0.39 is 0 Å². The van der Waals surface area contributed by atoms with E-state index in [0.29, 0.717) is 5.92 Å². The van der Waals surface area contributed by atoms with Crippen LogP contribution in [-0.2, 0) is 13.0 Å². The van der Waals surface area contributed by atoms with Crippen LogP contribution in [0.25, 0.3) is 0 Å². The van der Waals surface area contributed by atoms with Crippen molar-refractivity contribution in [3.8, 4) is 0 Å². The predicted molar refractivity (Wildman–Crippen MR) is 78.1 cm³/mol. The Labute approximate surface area is 113 Å². The Kier molecular flexibility index (Phi) is 4.90. The summed E-state index contributed by atoms with van der Waals surface area (Å²) in [6, 6.07) is 8.84. The van der Waals surface area contributed by atoms with Crippen LogP contribution in [0.2, 0.25) is 0 Å². The SMILES string of the molecule is CCc1ccc(CNCC(C)c2nccs2)cc1. The quantitative estimate of drug-likeness (QED) is 0.858. The number of thiazole rings is 1. The zero-order chi connectivity index (χ0) is 12.8. The lowest BCUT2D eigenvalue weighted by Gasteiger charge is -2.10. The molecule has 0 fully saturated rings. The number of hydrogen-bond acceptors (Lipinski definition) is 3. The summed E-state index contributed by atoms with van der Waals surface area (Å²) in [6.45, 7) is 6.30. The highest BCUT2D eigenvalue weighted by Gasteiger charge is 2.06. The highest BCUT2D eigenvalue weighted by Crippen LogP contribution is 2.16. The van der Waals surface area contributed by atoms with Crippen LogP contribution in [0, 0.1) is 0 Å². The molecule has 3 heteroatoms. The topological polar surface area (TPSA) is 24.9 Å². The van der Waals surface area contributed by atoms with Gasteiger partial charge in [0, 0.05) is 30.6 Å². The van der Waals surface area contributed by atoms with Crippen molar-refractivity contribution in [2.24, 2.45) is 0 Å². The van der Waals surface area contributed by atoms with Crippen molar-refractivity contribution in [1.29, 1.82) is 0 Å². The third-order valence-corrected chi connectivity index (χ3v) is 4.09. The van der Waals surface area contributed by atoms with Crippen LogP contribution < -0.4 is 5.32 Å². The number of nitrogens with one attached hydrogen (secondary N) is 1. The Morgan fingerprint density at radius 3 is 2.56 bits per heavy atom. The van der Waals surface area contributed by atoms with E-state index in [-0.39, 0.29) is 0 Å². The number of nitrogens with zero attached hydrogens (tertiary/aromatic N) is 1. The number of benzene rings is 1. The second-order valence-electron chi connectivity index (χ2n) is 4.57. The van der Waals surface area contributed by atoms with Crippen molar-refractivity contribution in [2.75, 3.05) is 6.54 Å². The van der Waals surface area contributed by atoms with Gasteiger partial charge in [-0.3, -0.25) is 0 Å². The number of aryl methyl sites for hydroxylation is 1. The molecule has 18 heavy (non-hydrogen) atoms. The molecule has 0 saturated heterocycles. The Balaban J connectivity index is 1.77. The van der Waals surface area contributed by atoms with Crippen LogP contribution in [-0.4, -0.2) is 11.5 Å². The van der Waals surface area contributed by atoms with Gasteiger partial charge in [0.1, 0.15) is 0 Å². The molecule has 2 rings (SSSR count). The first-order valence-electron chi connectivity index (χ1n) is 6.47. The molecule has 0 saturated carbocycles. The first-order valence-corrected chi connectivity index (χ1v) is 7.35. The normalized spacial score (nSPS) is 12.6. The van der Waals surface area contributed by atoms with Gasteiger partial charge >= 0.3 is 0 Å². The fraction of sp³-hybridized carbons (Fsp3) is 0.400. The first-order chi connectivity index (χ1) is 8.79. The Morgan fingerprint density at radius 2 is 1.94 bits per heavy atom. The lowest BCUT2D eigenvalue weighted by Crippen LogP contribution is -2.19. The summed E-state index contributed by atoms with van der Waals surface area (Å²) in [7, 11) is 0. The summed E-state index contributed by atoms with van der Waals surface area (Å²) in [5, 5.41) is 6.74. The fourth-order valence-corrected chi connectivity index (χ4v) is 2.59. The zero-order valence-corrected chi connectivity index (χ0v) is 11.8. The molecule has 0 aliphatic heterocycles. The van der Waals surface area contributed by atoms with Gasteiger partial charge in [0.15, 0.2) is 0 Å². The van der Waals surface area contributed by atoms with E-state index in [4.69, 9.17) is 0 Å². The van der Waals surface area contributed by atoms with Crippen LogP contribution >= 0.6 is 11.3 Å². The molecule has 0 bridgehead atoms. The van der Waals surface area contributed by atoms with Gasteiger partial charge in [-0.05, 0) is 17.5 Å². The molecule has 0 aliphatic rings. The minimum absolute atomic E-state index is 0.486. The molecule has 1 unspecified atom stereocenters. The predicted octanol–water partition coefficient (Wildman–Crippen LogP) is 3.60. The van der Waals surface area contributed by atoms with Crippen LogP contribution in [0.3, 0.4) is 0 Å². The Hall–Kier alpha value is -1.19. The summed E-state index contributed by atoms with van der Waals surface area (Å²) in [5.41, 5.74) is 2.74. The third kappa shape index (κ3) is 3.65. The van der Waals surface area contributed by atoms with Crippen LogP contribution in [0.4, 0.5) is 0 Å². The molecule has 2 aromatic rings. The van der Waals surface area contributed by atoms with Crippen molar-refractivity contribution < 1.29 is 0 Å². The largest absolute Gasteiger partial charge is 0.312 e. The highest BCUT2D eigenvalue weighted by molar-refractivity contribution is 7.09. The van der Waals surface area contributed by atoms with E-state index in [2.05, 4.69) is 48.4 Å². The maximum atomic E-state index is 4.34. The minimum atomic E-state index is 0.486. The van der Waals surface area contributed by atoms with E-state index in [1.807, 2.05) is 11.6 Å². The van der Waals surface area contributed by atoms with Crippen molar-refractivity contribution in [3.63, 3.8) is 0 Å². The molecule has 0 aliphatic carbocycles. The second kappa shape index (κ2) is 6.66. The van der Waals surface area contributed by atoms with E-state index in [1.165, 1.54) is 16.1 Å². The van der Waals surface area contributed by atoms with E-state index >= 15 is 0 Å². The lowest BCUT2D eigenvalue weighted by atomic mass is 10.1. The van der Waals surface area contributed by atoms with Crippen molar-refractivity contribution in [1.82, 2.24) is 10.3 Å². The molecule has 2 nitrogen and oxygen atoms in total. The highest BCUT2D eigenvalue weighted by atomic mass is 32.1. The lowest BCUT2D eigenvalue weighted by molar-refractivity contribution is 0.613. The van der Waals surface area contributed by atoms with Crippen molar-refractivity contribution >= 4 is 11.3 Å². The summed E-state index contributed by atoms with van der Waals surface area (Å²) in [6.07, 6.45) is 2.98. The summed E-state index contributed by atoms with van der Waals surface area (Å²) in [4.78, 5) is 4.34. The summed E-state index contributed by atoms with van der Waals surface area (Å²) < 4.78 is 0. The average molecular weight is 260 g/mol. The number of rotatable bonds is 6. The van der Waals surface area contributed by atoms with Crippen molar-refractivity contribution in [2.45, 2.75) is 32.7 Å². The van der Waals surface area contributed by atoms with Gasteiger partial charge in [-0.2, -0.15) is 0 Å². The standard InChI is InChI=1S/C15H20N2S/c1-3-13-4-6-14(7-5-13)11-16-10-12(2)15-17-8-9-18-15/h4-9,12,16H,3,10-11H2,1-2H3. The van der Waals surface area contributed by atoms with Gasteiger partial charge in [-0.25, -0.2) is 4.98 Å². The third-order valence-electron chi connectivity index (χ3n) is 3.08. The zero-order valence-electron chi connectivity index (χ0n) is 11.0. The molecule has 1 aromatic heterocycles. The van der Waals surface area contributed by atoms with Crippen molar-refractivity contribution in [3.05, 3.63) is 52.0 Å². The molecule has 96 valence electrons. The summed E-state index contributed by atoms with van der Waals surface area (Å²) in [5.74, 6) is 0.486. The monoisotopic (exact) mass is 260 g/mol. The summed E-state index contributed by atoms with van der Waals surface area (Å²) >= 11 is 1.73. The van der Waals surface area contributed by atoms with Crippen LogP contribution in [0.1, 0.15) is 35.9 Å². The Bertz CT molecular complexity index is 448. The first kappa shape index (κ1) is 13.2. The van der Waals surface area contributed by atoms with Gasteiger partial charge in [0.05, 0.1) is 5.01 Å². The minimum Gasteiger partial charge on any atom is -0.312 e. The van der Waals surface area contributed by atoms with Gasteiger partial charge in [0.25, 0.3) is 0 Å². The maximum Gasteiger partial charge on any atom is 0.0965 e. The molecular formula is C15H20N2S. The molecule has 1 aromatic carbocycles. The maximum absolute atomic E-state index is 4.34. The van der Waals surface area contributed by atoms with E-state index in [0.717, 1.165) is 19.5 Å². The molecular weight excluding hydrogens is 240 g/mol.